The van der Waals surface area contributed by atoms with E-state index in [1.165, 1.54) is 16.9 Å². The van der Waals surface area contributed by atoms with Crippen LogP contribution >= 0.6 is 0 Å². The maximum absolute atomic E-state index is 4.22. The predicted molar refractivity (Wildman–Crippen MR) is 151 cm³/mol. The van der Waals surface area contributed by atoms with E-state index in [2.05, 4.69) is 101 Å². The quantitative estimate of drug-likeness (QED) is 0.282. The monoisotopic (exact) mass is 485 g/mol. The van der Waals surface area contributed by atoms with E-state index >= 15 is 0 Å². The number of rotatable bonds is 6. The van der Waals surface area contributed by atoms with Gasteiger partial charge in [-0.25, -0.2) is 13.7 Å². The number of imidazole rings is 1. The lowest BCUT2D eigenvalue weighted by molar-refractivity contribution is -0.673. The smallest absolute Gasteiger partial charge is 0.388 e. The SMILES string of the molecule is C.CN(C)c1ccc(C=Cc2cccc[n+]2C)cc1.CNc1ccc(N=Nc2n(C)cc[n+]2C)cc1. The summed E-state index contributed by atoms with van der Waals surface area (Å²) >= 11 is 0. The number of hydrogen-bond acceptors (Lipinski definition) is 4. The standard InChI is InChI=1S/C16H19N2.C12H15N5.CH4/c1-17(2)15-10-7-14(8-11-15)9-12-16-6-4-5-13-18(16)3;1-13-10-4-6-11(7-5-10)14-15-12-16(2)8-9-17(12)3;/h4-13H,1-3H3;4-9H,1-3H3;1H4/q+1;;/p+1. The van der Waals surface area contributed by atoms with Gasteiger partial charge < -0.3 is 10.2 Å². The van der Waals surface area contributed by atoms with Gasteiger partial charge in [0.1, 0.15) is 12.7 Å². The molecule has 0 bridgehead atoms. The fourth-order valence-electron chi connectivity index (χ4n) is 3.30. The van der Waals surface area contributed by atoms with Gasteiger partial charge in [0.25, 0.3) is 0 Å². The summed E-state index contributed by atoms with van der Waals surface area (Å²) < 4.78 is 5.95. The largest absolute Gasteiger partial charge is 0.421 e. The fourth-order valence-corrected chi connectivity index (χ4v) is 3.30. The van der Waals surface area contributed by atoms with Crippen molar-refractivity contribution in [3.63, 3.8) is 0 Å². The molecule has 0 aliphatic rings. The fraction of sp³-hybridized carbons (Fsp3) is 0.241. The van der Waals surface area contributed by atoms with E-state index in [1.54, 1.807) is 0 Å². The second-order valence-electron chi connectivity index (χ2n) is 8.37. The Morgan fingerprint density at radius 1 is 0.833 bits per heavy atom. The molecule has 0 atom stereocenters. The van der Waals surface area contributed by atoms with Crippen molar-refractivity contribution in [2.75, 3.05) is 31.4 Å². The van der Waals surface area contributed by atoms with Crippen LogP contribution in [0.25, 0.3) is 12.2 Å². The lowest BCUT2D eigenvalue weighted by Crippen LogP contribution is -2.30. The molecule has 7 heteroatoms. The molecule has 0 aliphatic heterocycles. The van der Waals surface area contributed by atoms with Crippen molar-refractivity contribution in [1.82, 2.24) is 4.57 Å². The Morgan fingerprint density at radius 3 is 2.08 bits per heavy atom. The molecule has 0 radical (unpaired) electrons. The van der Waals surface area contributed by atoms with Crippen molar-refractivity contribution < 1.29 is 9.13 Å². The molecule has 0 saturated carbocycles. The highest BCUT2D eigenvalue weighted by Crippen LogP contribution is 2.18. The van der Waals surface area contributed by atoms with Gasteiger partial charge >= 0.3 is 5.95 Å². The summed E-state index contributed by atoms with van der Waals surface area (Å²) in [6.07, 6.45) is 10.2. The van der Waals surface area contributed by atoms with E-state index in [0.29, 0.717) is 0 Å². The average Bonchev–Trinajstić information content (AvgIpc) is 3.20. The zero-order chi connectivity index (χ0) is 25.2. The number of nitrogens with zero attached hydrogens (tertiary/aromatic N) is 6. The van der Waals surface area contributed by atoms with Crippen molar-refractivity contribution in [2.45, 2.75) is 7.43 Å². The number of nitrogens with one attached hydrogen (secondary N) is 1. The van der Waals surface area contributed by atoms with Gasteiger partial charge in [-0.3, -0.25) is 0 Å². The Bertz CT molecular complexity index is 1250. The van der Waals surface area contributed by atoms with E-state index in [0.717, 1.165) is 17.3 Å². The predicted octanol–water partition coefficient (Wildman–Crippen LogP) is 5.69. The molecule has 7 nitrogen and oxygen atoms in total. The summed E-state index contributed by atoms with van der Waals surface area (Å²) in [6.45, 7) is 0. The molecule has 0 spiro atoms. The zero-order valence-corrected chi connectivity index (χ0v) is 21.4. The number of pyridine rings is 1. The molecule has 1 N–H and O–H groups in total. The summed E-state index contributed by atoms with van der Waals surface area (Å²) in [6, 6.07) is 22.5. The van der Waals surface area contributed by atoms with E-state index in [9.17, 15) is 0 Å². The first-order valence-corrected chi connectivity index (χ1v) is 11.5. The Hall–Kier alpha value is -4.26. The van der Waals surface area contributed by atoms with Gasteiger partial charge in [-0.05, 0) is 54.1 Å². The van der Waals surface area contributed by atoms with Gasteiger partial charge in [-0.1, -0.05) is 24.7 Å². The molecule has 0 saturated heterocycles. The van der Waals surface area contributed by atoms with Crippen LogP contribution in [0.1, 0.15) is 18.7 Å². The molecule has 2 aromatic carbocycles. The lowest BCUT2D eigenvalue weighted by atomic mass is 10.1. The van der Waals surface area contributed by atoms with Gasteiger partial charge in [0.2, 0.25) is 5.69 Å². The topological polar surface area (TPSA) is 52.7 Å². The number of azo groups is 1. The van der Waals surface area contributed by atoms with Crippen LogP contribution in [0.2, 0.25) is 0 Å². The first kappa shape index (κ1) is 28.0. The highest BCUT2D eigenvalue weighted by Gasteiger charge is 2.10. The van der Waals surface area contributed by atoms with Gasteiger partial charge in [-0.2, -0.15) is 0 Å². The van der Waals surface area contributed by atoms with Crippen LogP contribution in [-0.2, 0) is 21.1 Å². The normalized spacial score (nSPS) is 10.6. The number of benzene rings is 2. The van der Waals surface area contributed by atoms with Crippen molar-refractivity contribution >= 4 is 35.2 Å². The minimum Gasteiger partial charge on any atom is -0.388 e. The summed E-state index contributed by atoms with van der Waals surface area (Å²) in [5.74, 6) is 0.808. The Morgan fingerprint density at radius 2 is 1.53 bits per heavy atom. The molecule has 0 fully saturated rings. The minimum absolute atomic E-state index is 0. The summed E-state index contributed by atoms with van der Waals surface area (Å²) in [5, 5.41) is 11.5. The third-order valence-corrected chi connectivity index (χ3v) is 5.51. The van der Waals surface area contributed by atoms with Crippen molar-refractivity contribution in [3.8, 4) is 0 Å². The van der Waals surface area contributed by atoms with Crippen LogP contribution in [0, 0.1) is 0 Å². The van der Waals surface area contributed by atoms with Crippen LogP contribution in [0.3, 0.4) is 0 Å². The summed E-state index contributed by atoms with van der Waals surface area (Å²) in [7, 11) is 11.9. The average molecular weight is 486 g/mol. The van der Waals surface area contributed by atoms with Crippen LogP contribution in [0.4, 0.5) is 23.0 Å². The second kappa shape index (κ2) is 13.6. The molecule has 188 valence electrons. The van der Waals surface area contributed by atoms with Gasteiger partial charge in [-0.15, -0.1) is 0 Å². The zero-order valence-electron chi connectivity index (χ0n) is 21.4. The summed E-state index contributed by atoms with van der Waals surface area (Å²) in [5.41, 5.74) is 5.52. The Balaban J connectivity index is 0.000000247. The van der Waals surface area contributed by atoms with Crippen LogP contribution < -0.4 is 19.4 Å². The molecule has 4 aromatic rings. The van der Waals surface area contributed by atoms with Crippen molar-refractivity contribution in [2.24, 2.45) is 31.4 Å². The van der Waals surface area contributed by atoms with Gasteiger partial charge in [0.05, 0.1) is 26.5 Å². The molecular weight excluding hydrogens is 446 g/mol. The van der Waals surface area contributed by atoms with Crippen LogP contribution in [0.5, 0.6) is 0 Å². The molecule has 2 aromatic heterocycles. The van der Waals surface area contributed by atoms with Crippen molar-refractivity contribution in [1.29, 1.82) is 0 Å². The third kappa shape index (κ3) is 7.91. The second-order valence-corrected chi connectivity index (χ2v) is 8.37. The molecule has 0 amide bonds. The van der Waals surface area contributed by atoms with Gasteiger partial charge in [0.15, 0.2) is 6.20 Å². The molecule has 4 rings (SSSR count). The van der Waals surface area contributed by atoms with Crippen LogP contribution in [-0.4, -0.2) is 25.7 Å². The van der Waals surface area contributed by atoms with E-state index in [-0.39, 0.29) is 7.43 Å². The Kier molecular flexibility index (Phi) is 10.6. The molecule has 36 heavy (non-hydrogen) atoms. The summed E-state index contributed by atoms with van der Waals surface area (Å²) in [4.78, 5) is 2.10. The van der Waals surface area contributed by atoms with E-state index in [4.69, 9.17) is 0 Å². The number of aryl methyl sites for hydroxylation is 3. The maximum atomic E-state index is 4.22. The molecule has 0 aliphatic carbocycles. The highest BCUT2D eigenvalue weighted by molar-refractivity contribution is 5.68. The van der Waals surface area contributed by atoms with Crippen molar-refractivity contribution in [3.05, 3.63) is 96.6 Å². The Labute approximate surface area is 215 Å². The molecular formula is C29H39N7+2. The number of anilines is 2. The lowest BCUT2D eigenvalue weighted by Gasteiger charge is -2.11. The molecule has 0 unspecified atom stereocenters. The van der Waals surface area contributed by atoms with E-state index < -0.39 is 0 Å². The first-order valence-electron chi connectivity index (χ1n) is 11.5. The highest BCUT2D eigenvalue weighted by atomic mass is 15.3. The number of hydrogen-bond donors (Lipinski definition) is 1. The molecule has 2 heterocycles. The maximum Gasteiger partial charge on any atom is 0.421 e. The third-order valence-electron chi connectivity index (χ3n) is 5.51. The van der Waals surface area contributed by atoms with Crippen LogP contribution in [0.15, 0.2) is 95.5 Å². The first-order chi connectivity index (χ1) is 16.9. The van der Waals surface area contributed by atoms with E-state index in [1.807, 2.05) is 73.0 Å². The van der Waals surface area contributed by atoms with Gasteiger partial charge in [0, 0.05) is 55.8 Å². The number of aromatic nitrogens is 3. The minimum atomic E-state index is 0.